The van der Waals surface area contributed by atoms with Gasteiger partial charge in [0, 0.05) is 6.42 Å². The van der Waals surface area contributed by atoms with Crippen molar-refractivity contribution in [1.29, 1.82) is 0 Å². The minimum atomic E-state index is -0.213. The van der Waals surface area contributed by atoms with E-state index in [9.17, 15) is 9.59 Å². The third kappa shape index (κ3) is 6.49. The molecule has 0 aliphatic heterocycles. The summed E-state index contributed by atoms with van der Waals surface area (Å²) >= 11 is 5.20. The molecule has 2 aromatic rings. The summed E-state index contributed by atoms with van der Waals surface area (Å²) in [6.07, 6.45) is 2.18. The largest absolute Gasteiger partial charge is 0.345 e. The number of hydrogen-bond donors (Lipinski definition) is 3. The molecule has 2 aromatic carbocycles. The molecular weight excluding hydrogens is 358 g/mol. The van der Waals surface area contributed by atoms with Gasteiger partial charge in [0.25, 0.3) is 5.91 Å². The van der Waals surface area contributed by atoms with Crippen LogP contribution in [0.15, 0.2) is 54.6 Å². The summed E-state index contributed by atoms with van der Waals surface area (Å²) in [7, 11) is 0. The van der Waals surface area contributed by atoms with Gasteiger partial charge in [-0.15, -0.1) is 0 Å². The van der Waals surface area contributed by atoms with Crippen LogP contribution in [-0.4, -0.2) is 16.9 Å². The van der Waals surface area contributed by atoms with E-state index in [-0.39, 0.29) is 23.0 Å². The maximum absolute atomic E-state index is 12.7. The standard InChI is InChI=1S/C21H25N3O2S/c1-3-4-14-19(25)24-21(27)23-18-13-9-8-12-17(18)20(26)22-15(2)16-10-6-5-7-11-16/h5-13,15H,3-4,14H2,1-2H3,(H,22,26)(H2,23,24,25,27). The van der Waals surface area contributed by atoms with Gasteiger partial charge in [0.15, 0.2) is 5.11 Å². The summed E-state index contributed by atoms with van der Waals surface area (Å²) in [5, 5.41) is 8.77. The van der Waals surface area contributed by atoms with Gasteiger partial charge in [-0.3, -0.25) is 9.59 Å². The summed E-state index contributed by atoms with van der Waals surface area (Å²) in [6, 6.07) is 16.7. The topological polar surface area (TPSA) is 70.2 Å². The van der Waals surface area contributed by atoms with Crippen molar-refractivity contribution in [2.24, 2.45) is 0 Å². The number of carbonyl (C=O) groups excluding carboxylic acids is 2. The Balaban J connectivity index is 2.03. The van der Waals surface area contributed by atoms with E-state index in [1.165, 1.54) is 0 Å². The summed E-state index contributed by atoms with van der Waals surface area (Å²) < 4.78 is 0. The van der Waals surface area contributed by atoms with Gasteiger partial charge in [-0.25, -0.2) is 0 Å². The van der Waals surface area contributed by atoms with Crippen LogP contribution in [0.25, 0.3) is 0 Å². The van der Waals surface area contributed by atoms with Gasteiger partial charge in [-0.05, 0) is 43.3 Å². The van der Waals surface area contributed by atoms with Crippen molar-refractivity contribution < 1.29 is 9.59 Å². The molecule has 2 amide bonds. The third-order valence-corrected chi connectivity index (χ3v) is 4.28. The lowest BCUT2D eigenvalue weighted by Crippen LogP contribution is -2.35. The van der Waals surface area contributed by atoms with Crippen molar-refractivity contribution in [2.75, 3.05) is 5.32 Å². The van der Waals surface area contributed by atoms with E-state index in [4.69, 9.17) is 12.2 Å². The van der Waals surface area contributed by atoms with Gasteiger partial charge in [-0.2, -0.15) is 0 Å². The van der Waals surface area contributed by atoms with Crippen LogP contribution < -0.4 is 16.0 Å². The summed E-state index contributed by atoms with van der Waals surface area (Å²) in [6.45, 7) is 3.96. The lowest BCUT2D eigenvalue weighted by atomic mass is 10.1. The molecule has 142 valence electrons. The Bertz CT molecular complexity index is 793. The Morgan fingerprint density at radius 3 is 2.41 bits per heavy atom. The average molecular weight is 384 g/mol. The van der Waals surface area contributed by atoms with Crippen LogP contribution in [0.2, 0.25) is 0 Å². The fourth-order valence-corrected chi connectivity index (χ4v) is 2.79. The van der Waals surface area contributed by atoms with E-state index < -0.39 is 0 Å². The zero-order chi connectivity index (χ0) is 19.6. The normalized spacial score (nSPS) is 11.3. The number of anilines is 1. The second kappa shape index (κ2) is 10.4. The predicted molar refractivity (Wildman–Crippen MR) is 113 cm³/mol. The van der Waals surface area contributed by atoms with Crippen molar-refractivity contribution in [3.63, 3.8) is 0 Å². The molecule has 0 bridgehead atoms. The Hall–Kier alpha value is -2.73. The molecule has 0 saturated heterocycles. The van der Waals surface area contributed by atoms with Crippen LogP contribution in [-0.2, 0) is 4.79 Å². The molecule has 0 aliphatic rings. The Morgan fingerprint density at radius 2 is 1.70 bits per heavy atom. The molecule has 0 radical (unpaired) electrons. The quantitative estimate of drug-likeness (QED) is 0.627. The third-order valence-electron chi connectivity index (χ3n) is 4.08. The molecule has 3 N–H and O–H groups in total. The second-order valence-corrected chi connectivity index (χ2v) is 6.67. The fraction of sp³-hybridized carbons (Fsp3) is 0.286. The van der Waals surface area contributed by atoms with Crippen LogP contribution in [0.5, 0.6) is 0 Å². The molecular formula is C21H25N3O2S. The fourth-order valence-electron chi connectivity index (χ4n) is 2.57. The Kier molecular flexibility index (Phi) is 7.95. The molecule has 0 heterocycles. The van der Waals surface area contributed by atoms with Gasteiger partial charge in [0.1, 0.15) is 0 Å². The van der Waals surface area contributed by atoms with Gasteiger partial charge >= 0.3 is 0 Å². The van der Waals surface area contributed by atoms with E-state index in [1.54, 1.807) is 24.3 Å². The van der Waals surface area contributed by atoms with Crippen LogP contribution in [0.4, 0.5) is 5.69 Å². The summed E-state index contributed by atoms with van der Waals surface area (Å²) in [5.74, 6) is -0.344. The number of amides is 2. The average Bonchev–Trinajstić information content (AvgIpc) is 2.67. The summed E-state index contributed by atoms with van der Waals surface area (Å²) in [4.78, 5) is 24.5. The van der Waals surface area contributed by atoms with Crippen molar-refractivity contribution in [3.05, 3.63) is 65.7 Å². The van der Waals surface area contributed by atoms with Gasteiger partial charge < -0.3 is 16.0 Å². The lowest BCUT2D eigenvalue weighted by molar-refractivity contribution is -0.119. The molecule has 6 heteroatoms. The highest BCUT2D eigenvalue weighted by Crippen LogP contribution is 2.18. The number of nitrogens with one attached hydrogen (secondary N) is 3. The van der Waals surface area contributed by atoms with Crippen LogP contribution >= 0.6 is 12.2 Å². The lowest BCUT2D eigenvalue weighted by Gasteiger charge is -2.17. The van der Waals surface area contributed by atoms with Crippen LogP contribution in [0, 0.1) is 0 Å². The molecule has 27 heavy (non-hydrogen) atoms. The molecule has 1 unspecified atom stereocenters. The van der Waals surface area contributed by atoms with E-state index in [2.05, 4.69) is 16.0 Å². The molecule has 0 aliphatic carbocycles. The maximum atomic E-state index is 12.7. The van der Waals surface area contributed by atoms with Crippen molar-refractivity contribution in [2.45, 2.75) is 39.2 Å². The highest BCUT2D eigenvalue weighted by Gasteiger charge is 2.15. The number of rotatable bonds is 7. The van der Waals surface area contributed by atoms with Gasteiger partial charge in [0.05, 0.1) is 17.3 Å². The molecule has 2 rings (SSSR count). The molecule has 0 aromatic heterocycles. The SMILES string of the molecule is CCCCC(=O)NC(=S)Nc1ccccc1C(=O)NC(C)c1ccccc1. The van der Waals surface area contributed by atoms with Crippen LogP contribution in [0.3, 0.4) is 0 Å². The summed E-state index contributed by atoms with van der Waals surface area (Å²) in [5.41, 5.74) is 2.04. The maximum Gasteiger partial charge on any atom is 0.253 e. The first-order valence-electron chi connectivity index (χ1n) is 9.07. The number of para-hydroxylation sites is 1. The van der Waals surface area contributed by atoms with E-state index in [1.807, 2.05) is 44.2 Å². The Morgan fingerprint density at radius 1 is 1.04 bits per heavy atom. The molecule has 0 fully saturated rings. The van der Waals surface area contributed by atoms with E-state index in [0.29, 0.717) is 17.7 Å². The van der Waals surface area contributed by atoms with Crippen molar-refractivity contribution in [3.8, 4) is 0 Å². The smallest absolute Gasteiger partial charge is 0.253 e. The monoisotopic (exact) mass is 383 g/mol. The van der Waals surface area contributed by atoms with Crippen molar-refractivity contribution in [1.82, 2.24) is 10.6 Å². The molecule has 5 nitrogen and oxygen atoms in total. The zero-order valence-corrected chi connectivity index (χ0v) is 16.4. The molecule has 1 atom stereocenters. The number of thiocarbonyl (C=S) groups is 1. The van der Waals surface area contributed by atoms with Gasteiger partial charge in [0.2, 0.25) is 5.91 Å². The first kappa shape index (κ1) is 20.6. The van der Waals surface area contributed by atoms with E-state index in [0.717, 1.165) is 18.4 Å². The highest BCUT2D eigenvalue weighted by molar-refractivity contribution is 7.80. The van der Waals surface area contributed by atoms with Crippen LogP contribution in [0.1, 0.15) is 55.1 Å². The zero-order valence-electron chi connectivity index (χ0n) is 15.6. The number of unbranched alkanes of at least 4 members (excludes halogenated alkanes) is 1. The first-order valence-corrected chi connectivity index (χ1v) is 9.47. The molecule has 0 spiro atoms. The minimum absolute atomic E-state index is 0.131. The van der Waals surface area contributed by atoms with E-state index >= 15 is 0 Å². The number of benzene rings is 2. The minimum Gasteiger partial charge on any atom is -0.345 e. The molecule has 0 saturated carbocycles. The number of hydrogen-bond acceptors (Lipinski definition) is 3. The number of carbonyl (C=O) groups is 2. The van der Waals surface area contributed by atoms with Crippen molar-refractivity contribution >= 4 is 34.8 Å². The first-order chi connectivity index (χ1) is 13.0. The predicted octanol–water partition coefficient (Wildman–Crippen LogP) is 4.18. The highest BCUT2D eigenvalue weighted by atomic mass is 32.1. The van der Waals surface area contributed by atoms with Gasteiger partial charge in [-0.1, -0.05) is 55.8 Å². The second-order valence-electron chi connectivity index (χ2n) is 6.26. The Labute approximate surface area is 165 Å².